The molecular formula is C14H13N5O5S2. The molecule has 0 radical (unpaired) electrons. The second kappa shape index (κ2) is 6.80. The molecule has 1 aromatic heterocycles. The third-order valence-corrected chi connectivity index (χ3v) is 5.79. The molecule has 2 aliphatic heterocycles. The minimum Gasteiger partial charge on any atom is -0.477 e. The topological polar surface area (TPSA) is 158 Å². The van der Waals surface area contributed by atoms with Crippen LogP contribution in [0.1, 0.15) is 5.69 Å². The van der Waals surface area contributed by atoms with Crippen LogP contribution in [-0.4, -0.2) is 60.9 Å². The van der Waals surface area contributed by atoms with Gasteiger partial charge in [0.25, 0.3) is 11.8 Å². The second-order valence-electron chi connectivity index (χ2n) is 5.26. The van der Waals surface area contributed by atoms with Gasteiger partial charge in [-0.2, -0.15) is 0 Å². The van der Waals surface area contributed by atoms with Crippen LogP contribution >= 0.6 is 23.1 Å². The van der Waals surface area contributed by atoms with Crippen LogP contribution in [0.15, 0.2) is 34.5 Å². The molecule has 0 unspecified atom stereocenters. The third kappa shape index (κ3) is 2.82. The van der Waals surface area contributed by atoms with Crippen LogP contribution in [0.3, 0.4) is 0 Å². The molecule has 1 aromatic rings. The minimum absolute atomic E-state index is 0.0764. The molecule has 2 amide bonds. The highest BCUT2D eigenvalue weighted by Crippen LogP contribution is 2.40. The Kier molecular flexibility index (Phi) is 4.70. The Hall–Kier alpha value is -2.86. The fraction of sp³-hybridized carbons (Fsp3) is 0.214. The number of amides is 2. The zero-order valence-corrected chi connectivity index (χ0v) is 14.7. The molecule has 0 aromatic carbocycles. The highest BCUT2D eigenvalue weighted by molar-refractivity contribution is 8.00. The van der Waals surface area contributed by atoms with E-state index in [-0.39, 0.29) is 22.2 Å². The van der Waals surface area contributed by atoms with Gasteiger partial charge in [0, 0.05) is 11.1 Å². The van der Waals surface area contributed by atoms with Crippen molar-refractivity contribution >= 4 is 51.7 Å². The molecule has 2 aliphatic rings. The number of thiazole rings is 1. The van der Waals surface area contributed by atoms with E-state index >= 15 is 0 Å². The highest BCUT2D eigenvalue weighted by Gasteiger charge is 2.54. The maximum absolute atomic E-state index is 12.4. The summed E-state index contributed by atoms with van der Waals surface area (Å²) < 4.78 is 0. The number of fused-ring (bicyclic) bond motifs is 1. The number of aliphatic carboxylic acids is 1. The number of carboxylic acid groups (broad SMARTS) is 1. The molecule has 136 valence electrons. The quantitative estimate of drug-likeness (QED) is 0.231. The van der Waals surface area contributed by atoms with Crippen molar-refractivity contribution in [3.8, 4) is 0 Å². The number of hydrogen-bond donors (Lipinski definition) is 4. The summed E-state index contributed by atoms with van der Waals surface area (Å²) in [6.07, 6.45) is 1.40. The van der Waals surface area contributed by atoms with E-state index in [1.165, 1.54) is 23.2 Å². The fourth-order valence-corrected chi connectivity index (χ4v) is 4.51. The molecule has 26 heavy (non-hydrogen) atoms. The number of aromatic nitrogens is 1. The van der Waals surface area contributed by atoms with Gasteiger partial charge >= 0.3 is 5.97 Å². The standard InChI is InChI=1S/C14H13N5O5S2/c1-2-5-3-25-12-8(11(21)19(12)9(5)13(22)23)17-10(20)7(18-24)6-4-26-14(15)16-6/h2,4,8,12,24H,1,3H2,(H2,15,16)(H,17,20)(H,22,23)/b18-7-/t8-,12+/m1/s1. The third-order valence-electron chi connectivity index (χ3n) is 3.81. The van der Waals surface area contributed by atoms with Crippen LogP contribution in [0.25, 0.3) is 0 Å². The summed E-state index contributed by atoms with van der Waals surface area (Å²) in [6.45, 7) is 3.56. The Morgan fingerprint density at radius 3 is 2.81 bits per heavy atom. The minimum atomic E-state index is -1.24. The smallest absolute Gasteiger partial charge is 0.352 e. The van der Waals surface area contributed by atoms with Crippen LogP contribution in [0.2, 0.25) is 0 Å². The van der Waals surface area contributed by atoms with Crippen molar-refractivity contribution in [3.63, 3.8) is 0 Å². The maximum atomic E-state index is 12.4. The SMILES string of the molecule is C=CC1=C(C(=O)O)N2C(=O)[C@@H](NC(=O)/C(=N\O)c3csc(N)n3)[C@@H]2SC1. The number of nitrogens with two attached hydrogens (primary N) is 1. The summed E-state index contributed by atoms with van der Waals surface area (Å²) in [5.41, 5.74) is 5.49. The molecule has 0 bridgehead atoms. The molecule has 5 N–H and O–H groups in total. The highest BCUT2D eigenvalue weighted by atomic mass is 32.2. The molecule has 1 saturated heterocycles. The first-order valence-corrected chi connectivity index (χ1v) is 9.09. The Morgan fingerprint density at radius 2 is 2.27 bits per heavy atom. The Balaban J connectivity index is 1.78. The number of allylic oxidation sites excluding steroid dienone is 1. The van der Waals surface area contributed by atoms with E-state index in [0.29, 0.717) is 11.3 Å². The summed E-state index contributed by atoms with van der Waals surface area (Å²) in [5, 5.41) is 24.9. The van der Waals surface area contributed by atoms with Crippen LogP contribution in [0.5, 0.6) is 0 Å². The van der Waals surface area contributed by atoms with E-state index in [1.54, 1.807) is 0 Å². The number of β-lactam (4-membered cyclic amide) rings is 1. The molecule has 0 saturated carbocycles. The molecule has 0 aliphatic carbocycles. The number of nitrogens with zero attached hydrogens (tertiary/aromatic N) is 3. The summed E-state index contributed by atoms with van der Waals surface area (Å²) in [7, 11) is 0. The first-order valence-electron chi connectivity index (χ1n) is 7.16. The van der Waals surface area contributed by atoms with E-state index in [9.17, 15) is 19.5 Å². The second-order valence-corrected chi connectivity index (χ2v) is 7.26. The molecule has 10 nitrogen and oxygen atoms in total. The van der Waals surface area contributed by atoms with Gasteiger partial charge in [-0.1, -0.05) is 17.8 Å². The van der Waals surface area contributed by atoms with Gasteiger partial charge in [-0.3, -0.25) is 14.5 Å². The summed E-state index contributed by atoms with van der Waals surface area (Å²) in [4.78, 5) is 41.2. The van der Waals surface area contributed by atoms with Gasteiger partial charge in [0.15, 0.2) is 10.8 Å². The van der Waals surface area contributed by atoms with E-state index < -0.39 is 29.2 Å². The van der Waals surface area contributed by atoms with Gasteiger partial charge in [0.05, 0.1) is 0 Å². The molecule has 0 spiro atoms. The van der Waals surface area contributed by atoms with E-state index in [1.807, 2.05) is 0 Å². The fourth-order valence-electron chi connectivity index (χ4n) is 2.62. The average molecular weight is 395 g/mol. The van der Waals surface area contributed by atoms with Gasteiger partial charge in [-0.25, -0.2) is 9.78 Å². The summed E-state index contributed by atoms with van der Waals surface area (Å²) in [6, 6.07) is -0.944. The van der Waals surface area contributed by atoms with Gasteiger partial charge in [-0.15, -0.1) is 23.1 Å². The maximum Gasteiger partial charge on any atom is 0.352 e. The molecule has 2 atom stereocenters. The molecule has 3 rings (SSSR count). The number of hydrogen-bond acceptors (Lipinski definition) is 9. The predicted molar refractivity (Wildman–Crippen MR) is 94.7 cm³/mol. The Morgan fingerprint density at radius 1 is 1.54 bits per heavy atom. The molecular weight excluding hydrogens is 382 g/mol. The summed E-state index contributed by atoms with van der Waals surface area (Å²) in [5.74, 6) is -2.27. The van der Waals surface area contributed by atoms with E-state index in [4.69, 9.17) is 10.9 Å². The van der Waals surface area contributed by atoms with Gasteiger partial charge in [-0.05, 0) is 5.57 Å². The average Bonchev–Trinajstić information content (AvgIpc) is 3.04. The van der Waals surface area contributed by atoms with Crippen LogP contribution in [0, 0.1) is 0 Å². The van der Waals surface area contributed by atoms with Crippen LogP contribution in [0.4, 0.5) is 5.13 Å². The van der Waals surface area contributed by atoms with Gasteiger partial charge < -0.3 is 21.4 Å². The van der Waals surface area contributed by atoms with E-state index in [0.717, 1.165) is 16.2 Å². The number of oxime groups is 1. The Bertz CT molecular complexity index is 877. The monoisotopic (exact) mass is 395 g/mol. The normalized spacial score (nSPS) is 22.5. The summed E-state index contributed by atoms with van der Waals surface area (Å²) >= 11 is 2.37. The largest absolute Gasteiger partial charge is 0.477 e. The lowest BCUT2D eigenvalue weighted by atomic mass is 10.0. The number of anilines is 1. The van der Waals surface area contributed by atoms with Crippen LogP contribution in [-0.2, 0) is 14.4 Å². The predicted octanol–water partition coefficient (Wildman–Crippen LogP) is -0.172. The number of carboxylic acids is 1. The van der Waals surface area contributed by atoms with Crippen molar-refractivity contribution in [1.29, 1.82) is 0 Å². The van der Waals surface area contributed by atoms with Crippen molar-refractivity contribution in [2.45, 2.75) is 11.4 Å². The lowest BCUT2D eigenvalue weighted by Gasteiger charge is -2.49. The first-order chi connectivity index (χ1) is 12.4. The first kappa shape index (κ1) is 17.9. The lowest BCUT2D eigenvalue weighted by Crippen LogP contribution is -2.71. The number of carbonyl (C=O) groups is 3. The lowest BCUT2D eigenvalue weighted by molar-refractivity contribution is -0.150. The van der Waals surface area contributed by atoms with Crippen molar-refractivity contribution < 1.29 is 24.7 Å². The van der Waals surface area contributed by atoms with Gasteiger partial charge in [0.1, 0.15) is 22.8 Å². The number of nitrogen functional groups attached to an aromatic ring is 1. The zero-order chi connectivity index (χ0) is 19.0. The van der Waals surface area contributed by atoms with Crippen LogP contribution < -0.4 is 11.1 Å². The molecule has 12 heteroatoms. The number of carbonyl (C=O) groups excluding carboxylic acids is 2. The zero-order valence-electron chi connectivity index (χ0n) is 13.1. The van der Waals surface area contributed by atoms with Crippen molar-refractivity contribution in [2.75, 3.05) is 11.5 Å². The Labute approximate surface area is 155 Å². The van der Waals surface area contributed by atoms with Crippen molar-refractivity contribution in [2.24, 2.45) is 5.16 Å². The van der Waals surface area contributed by atoms with Crippen molar-refractivity contribution in [3.05, 3.63) is 35.0 Å². The number of nitrogens with one attached hydrogen (secondary N) is 1. The molecule has 1 fully saturated rings. The van der Waals surface area contributed by atoms with Gasteiger partial charge in [0.2, 0.25) is 0 Å². The number of thioether (sulfide) groups is 1. The molecule has 3 heterocycles. The van der Waals surface area contributed by atoms with E-state index in [2.05, 4.69) is 22.0 Å². The number of rotatable bonds is 5. The van der Waals surface area contributed by atoms with Crippen molar-refractivity contribution in [1.82, 2.24) is 15.2 Å².